The predicted octanol–water partition coefficient (Wildman–Crippen LogP) is 1.28. The Balaban J connectivity index is 1.98. The van der Waals surface area contributed by atoms with Crippen molar-refractivity contribution in [3.63, 3.8) is 0 Å². The van der Waals surface area contributed by atoms with Gasteiger partial charge in [0.2, 0.25) is 5.91 Å². The molecular weight excluding hydrogens is 263 g/mol. The zero-order valence-electron chi connectivity index (χ0n) is 11.2. The number of nitrogens with zero attached hydrogens (tertiary/aromatic N) is 3. The van der Waals surface area contributed by atoms with E-state index in [0.717, 1.165) is 0 Å². The molecule has 0 spiro atoms. The second kappa shape index (κ2) is 5.38. The highest BCUT2D eigenvalue weighted by Gasteiger charge is 2.20. The van der Waals surface area contributed by atoms with E-state index in [-0.39, 0.29) is 18.3 Å². The zero-order valence-corrected chi connectivity index (χ0v) is 11.2. The van der Waals surface area contributed by atoms with Gasteiger partial charge in [-0.15, -0.1) is 5.10 Å². The second-order valence-electron chi connectivity index (χ2n) is 4.92. The lowest BCUT2D eigenvalue weighted by Gasteiger charge is -2.11. The summed E-state index contributed by atoms with van der Waals surface area (Å²) in [6, 6.07) is 5.46. The fourth-order valence-corrected chi connectivity index (χ4v) is 1.54. The molecule has 0 radical (unpaired) electrons. The summed E-state index contributed by atoms with van der Waals surface area (Å²) in [5.41, 5.74) is -0.225. The summed E-state index contributed by atoms with van der Waals surface area (Å²) in [7, 11) is 0. The van der Waals surface area contributed by atoms with Crippen molar-refractivity contribution >= 4 is 11.6 Å². The molecule has 2 N–H and O–H groups in total. The van der Waals surface area contributed by atoms with Gasteiger partial charge in [-0.2, -0.15) is 0 Å². The Hall–Kier alpha value is -2.28. The third kappa shape index (κ3) is 3.61. The molecule has 0 saturated carbocycles. The van der Waals surface area contributed by atoms with Crippen LogP contribution in [-0.4, -0.2) is 26.0 Å². The average Bonchev–Trinajstić information content (AvgIpc) is 2.80. The molecule has 7 heteroatoms. The van der Waals surface area contributed by atoms with Gasteiger partial charge < -0.3 is 10.4 Å². The molecule has 1 heterocycles. The molecule has 2 aromatic rings. The Morgan fingerprint density at radius 1 is 1.40 bits per heavy atom. The first-order chi connectivity index (χ1) is 9.34. The van der Waals surface area contributed by atoms with Gasteiger partial charge in [0.05, 0.1) is 6.20 Å². The van der Waals surface area contributed by atoms with E-state index in [0.29, 0.717) is 11.4 Å². The number of nitrogens with one attached hydrogen (secondary N) is 1. The SMILES string of the molecule is CC(C)(O)c1cn(CC(=O)Nc2ccc(F)cc2)nn1. The maximum Gasteiger partial charge on any atom is 0.246 e. The Kier molecular flexibility index (Phi) is 3.80. The lowest BCUT2D eigenvalue weighted by molar-refractivity contribution is -0.116. The highest BCUT2D eigenvalue weighted by molar-refractivity contribution is 5.90. The molecule has 1 aromatic carbocycles. The van der Waals surface area contributed by atoms with Gasteiger partial charge in [-0.3, -0.25) is 4.79 Å². The zero-order chi connectivity index (χ0) is 14.8. The first-order valence-electron chi connectivity index (χ1n) is 6.03. The van der Waals surface area contributed by atoms with Crippen LogP contribution in [0.3, 0.4) is 0 Å². The topological polar surface area (TPSA) is 80.0 Å². The number of aromatic nitrogens is 3. The summed E-state index contributed by atoms with van der Waals surface area (Å²) in [6.07, 6.45) is 1.50. The van der Waals surface area contributed by atoms with E-state index < -0.39 is 5.60 Å². The normalized spacial score (nSPS) is 11.4. The molecule has 6 nitrogen and oxygen atoms in total. The van der Waals surface area contributed by atoms with Crippen LogP contribution in [0.1, 0.15) is 19.5 Å². The lowest BCUT2D eigenvalue weighted by atomic mass is 10.1. The first kappa shape index (κ1) is 14.1. The van der Waals surface area contributed by atoms with Crippen molar-refractivity contribution in [2.75, 3.05) is 5.32 Å². The van der Waals surface area contributed by atoms with E-state index in [4.69, 9.17) is 0 Å². The van der Waals surface area contributed by atoms with Gasteiger partial charge in [-0.25, -0.2) is 9.07 Å². The van der Waals surface area contributed by atoms with Crippen molar-refractivity contribution in [3.8, 4) is 0 Å². The van der Waals surface area contributed by atoms with Crippen molar-refractivity contribution in [3.05, 3.63) is 42.0 Å². The molecular formula is C13H15FN4O2. The van der Waals surface area contributed by atoms with Gasteiger partial charge in [0.1, 0.15) is 23.7 Å². The van der Waals surface area contributed by atoms with Crippen LogP contribution in [0.5, 0.6) is 0 Å². The molecule has 0 fully saturated rings. The number of carbonyl (C=O) groups is 1. The van der Waals surface area contributed by atoms with Crippen molar-refractivity contribution in [2.24, 2.45) is 0 Å². The maximum atomic E-state index is 12.7. The van der Waals surface area contributed by atoms with Crippen LogP contribution in [0.15, 0.2) is 30.5 Å². The van der Waals surface area contributed by atoms with E-state index in [1.54, 1.807) is 13.8 Å². The van der Waals surface area contributed by atoms with Gasteiger partial charge in [0, 0.05) is 5.69 Å². The molecule has 0 aliphatic carbocycles. The number of amides is 1. The monoisotopic (exact) mass is 278 g/mol. The molecule has 0 bridgehead atoms. The van der Waals surface area contributed by atoms with Gasteiger partial charge in [-0.05, 0) is 38.1 Å². The highest BCUT2D eigenvalue weighted by Crippen LogP contribution is 2.15. The quantitative estimate of drug-likeness (QED) is 0.883. The van der Waals surface area contributed by atoms with Crippen LogP contribution in [0.2, 0.25) is 0 Å². The van der Waals surface area contributed by atoms with Crippen LogP contribution >= 0.6 is 0 Å². The minimum atomic E-state index is -1.11. The molecule has 0 aliphatic heterocycles. The Morgan fingerprint density at radius 3 is 2.60 bits per heavy atom. The van der Waals surface area contributed by atoms with Gasteiger partial charge in [-0.1, -0.05) is 5.21 Å². The Labute approximate surface area is 115 Å². The first-order valence-corrected chi connectivity index (χ1v) is 6.03. The number of anilines is 1. The lowest BCUT2D eigenvalue weighted by Crippen LogP contribution is -2.19. The number of hydrogen-bond donors (Lipinski definition) is 2. The second-order valence-corrected chi connectivity index (χ2v) is 4.92. The van der Waals surface area contributed by atoms with Crippen LogP contribution in [0.25, 0.3) is 0 Å². The van der Waals surface area contributed by atoms with E-state index in [1.165, 1.54) is 35.1 Å². The molecule has 0 aliphatic rings. The third-order valence-corrected chi connectivity index (χ3v) is 2.60. The van der Waals surface area contributed by atoms with Crippen molar-refractivity contribution < 1.29 is 14.3 Å². The Bertz CT molecular complexity index is 602. The molecule has 20 heavy (non-hydrogen) atoms. The molecule has 1 amide bonds. The van der Waals surface area contributed by atoms with E-state index in [1.807, 2.05) is 0 Å². The predicted molar refractivity (Wildman–Crippen MR) is 70.3 cm³/mol. The minimum absolute atomic E-state index is 0.0412. The van der Waals surface area contributed by atoms with Gasteiger partial charge >= 0.3 is 0 Å². The summed E-state index contributed by atoms with van der Waals surface area (Å²) in [6.45, 7) is 3.13. The van der Waals surface area contributed by atoms with Gasteiger partial charge in [0.25, 0.3) is 0 Å². The minimum Gasteiger partial charge on any atom is -0.384 e. The molecule has 0 saturated heterocycles. The molecule has 2 rings (SSSR count). The molecule has 0 unspecified atom stereocenters. The number of benzene rings is 1. The van der Waals surface area contributed by atoms with Crippen LogP contribution < -0.4 is 5.32 Å². The summed E-state index contributed by atoms with van der Waals surface area (Å²) >= 11 is 0. The molecule has 1 aromatic heterocycles. The van der Waals surface area contributed by atoms with Gasteiger partial charge in [0.15, 0.2) is 0 Å². The average molecular weight is 278 g/mol. The van der Waals surface area contributed by atoms with Crippen LogP contribution in [0, 0.1) is 5.82 Å². The fourth-order valence-electron chi connectivity index (χ4n) is 1.54. The van der Waals surface area contributed by atoms with Crippen LogP contribution in [0.4, 0.5) is 10.1 Å². The van der Waals surface area contributed by atoms with E-state index in [9.17, 15) is 14.3 Å². The summed E-state index contributed by atoms with van der Waals surface area (Å²) < 4.78 is 14.1. The number of halogens is 1. The standard InChI is InChI=1S/C13H15FN4O2/c1-13(2,20)11-7-18(17-16-11)8-12(19)15-10-5-3-9(14)4-6-10/h3-7,20H,8H2,1-2H3,(H,15,19). The van der Waals surface area contributed by atoms with Crippen molar-refractivity contribution in [1.29, 1.82) is 0 Å². The smallest absolute Gasteiger partial charge is 0.246 e. The van der Waals surface area contributed by atoms with E-state index >= 15 is 0 Å². The summed E-state index contributed by atoms with van der Waals surface area (Å²) in [5.74, 6) is -0.683. The van der Waals surface area contributed by atoms with Crippen molar-refractivity contribution in [2.45, 2.75) is 26.0 Å². The third-order valence-electron chi connectivity index (χ3n) is 2.60. The van der Waals surface area contributed by atoms with Crippen LogP contribution in [-0.2, 0) is 16.9 Å². The van der Waals surface area contributed by atoms with Crippen molar-refractivity contribution in [1.82, 2.24) is 15.0 Å². The number of carbonyl (C=O) groups excluding carboxylic acids is 1. The number of aliphatic hydroxyl groups is 1. The number of hydrogen-bond acceptors (Lipinski definition) is 4. The maximum absolute atomic E-state index is 12.7. The molecule has 0 atom stereocenters. The summed E-state index contributed by atoms with van der Waals surface area (Å²) in [5, 5.41) is 19.9. The summed E-state index contributed by atoms with van der Waals surface area (Å²) in [4.78, 5) is 11.8. The molecule has 106 valence electrons. The Morgan fingerprint density at radius 2 is 2.05 bits per heavy atom. The van der Waals surface area contributed by atoms with E-state index in [2.05, 4.69) is 15.6 Å². The fraction of sp³-hybridized carbons (Fsp3) is 0.308. The number of rotatable bonds is 4. The largest absolute Gasteiger partial charge is 0.384 e. The highest BCUT2D eigenvalue weighted by atomic mass is 19.1.